The molecule has 0 radical (unpaired) electrons. The van der Waals surface area contributed by atoms with Gasteiger partial charge in [0.1, 0.15) is 6.61 Å². The summed E-state index contributed by atoms with van der Waals surface area (Å²) < 4.78 is 5.63. The predicted molar refractivity (Wildman–Crippen MR) is 68.2 cm³/mol. The van der Waals surface area contributed by atoms with Crippen LogP contribution >= 0.6 is 0 Å². The van der Waals surface area contributed by atoms with Crippen molar-refractivity contribution in [3.63, 3.8) is 0 Å². The van der Waals surface area contributed by atoms with Crippen molar-refractivity contribution in [3.05, 3.63) is 30.5 Å². The van der Waals surface area contributed by atoms with E-state index in [1.165, 1.54) is 0 Å². The van der Waals surface area contributed by atoms with Gasteiger partial charge in [-0.05, 0) is 19.0 Å². The van der Waals surface area contributed by atoms with Crippen LogP contribution in [0.1, 0.15) is 13.3 Å². The van der Waals surface area contributed by atoms with Crippen molar-refractivity contribution >= 4 is 10.8 Å². The molecule has 4 nitrogen and oxygen atoms in total. The molecule has 0 aliphatic rings. The molecule has 2 aromatic rings. The summed E-state index contributed by atoms with van der Waals surface area (Å²) >= 11 is 0. The summed E-state index contributed by atoms with van der Waals surface area (Å²) in [6.07, 6.45) is 2.88. The van der Waals surface area contributed by atoms with Crippen molar-refractivity contribution in [2.45, 2.75) is 13.3 Å². The summed E-state index contributed by atoms with van der Waals surface area (Å²) in [5.74, 6) is 0.612. The van der Waals surface area contributed by atoms with Gasteiger partial charge in [0.05, 0.1) is 6.20 Å². The van der Waals surface area contributed by atoms with E-state index in [9.17, 15) is 0 Å². The van der Waals surface area contributed by atoms with E-state index in [1.807, 2.05) is 24.3 Å². The van der Waals surface area contributed by atoms with Gasteiger partial charge in [-0.3, -0.25) is 0 Å². The molecule has 1 aromatic heterocycles. The minimum Gasteiger partial charge on any atom is -0.475 e. The number of aromatic nitrogens is 2. The Balaban J connectivity index is 1.98. The average Bonchev–Trinajstić information content (AvgIpc) is 2.39. The Kier molecular flexibility index (Phi) is 4.27. The molecule has 90 valence electrons. The standard InChI is InChI=1S/C13H17N3O/c1-2-7-14-8-9-17-13-12-6-4-3-5-11(12)10-15-16-13/h3-6,10,14H,2,7-9H2,1H3. The summed E-state index contributed by atoms with van der Waals surface area (Å²) in [4.78, 5) is 0. The molecule has 0 saturated carbocycles. The molecule has 2 rings (SSSR count). The summed E-state index contributed by atoms with van der Waals surface area (Å²) in [6.45, 7) is 4.61. The second-order valence-electron chi connectivity index (χ2n) is 3.84. The van der Waals surface area contributed by atoms with Gasteiger partial charge < -0.3 is 10.1 Å². The van der Waals surface area contributed by atoms with Gasteiger partial charge in [-0.15, -0.1) is 5.10 Å². The first kappa shape index (κ1) is 11.8. The van der Waals surface area contributed by atoms with Gasteiger partial charge in [-0.2, -0.15) is 5.10 Å². The molecule has 1 heterocycles. The molecule has 0 amide bonds. The summed E-state index contributed by atoms with van der Waals surface area (Å²) in [5.41, 5.74) is 0. The van der Waals surface area contributed by atoms with Gasteiger partial charge in [-0.1, -0.05) is 25.1 Å². The molecule has 0 atom stereocenters. The summed E-state index contributed by atoms with van der Waals surface area (Å²) in [5, 5.41) is 13.3. The molecule has 1 aromatic carbocycles. The molecule has 0 bridgehead atoms. The number of nitrogens with one attached hydrogen (secondary N) is 1. The van der Waals surface area contributed by atoms with E-state index >= 15 is 0 Å². The van der Waals surface area contributed by atoms with Gasteiger partial charge in [-0.25, -0.2) is 0 Å². The van der Waals surface area contributed by atoms with Crippen LogP contribution in [0.5, 0.6) is 5.88 Å². The number of fused-ring (bicyclic) bond motifs is 1. The van der Waals surface area contributed by atoms with E-state index in [2.05, 4.69) is 22.4 Å². The normalized spacial score (nSPS) is 10.6. The number of nitrogens with zero attached hydrogens (tertiary/aromatic N) is 2. The van der Waals surface area contributed by atoms with Gasteiger partial charge in [0, 0.05) is 17.3 Å². The van der Waals surface area contributed by atoms with E-state index < -0.39 is 0 Å². The van der Waals surface area contributed by atoms with Crippen LogP contribution in [0, 0.1) is 0 Å². The van der Waals surface area contributed by atoms with Crippen molar-refractivity contribution in [2.24, 2.45) is 0 Å². The van der Waals surface area contributed by atoms with Crippen molar-refractivity contribution in [2.75, 3.05) is 19.7 Å². The average molecular weight is 231 g/mol. The maximum atomic E-state index is 5.63. The molecule has 0 fully saturated rings. The van der Waals surface area contributed by atoms with Crippen LogP contribution in [0.25, 0.3) is 10.8 Å². The van der Waals surface area contributed by atoms with Gasteiger partial charge >= 0.3 is 0 Å². The quantitative estimate of drug-likeness (QED) is 0.772. The molecule has 0 aliphatic carbocycles. The fraction of sp³-hybridized carbons (Fsp3) is 0.385. The van der Waals surface area contributed by atoms with Crippen LogP contribution in [-0.2, 0) is 0 Å². The molecular weight excluding hydrogens is 214 g/mol. The number of ether oxygens (including phenoxy) is 1. The van der Waals surface area contributed by atoms with Crippen LogP contribution in [0.15, 0.2) is 30.5 Å². The Hall–Kier alpha value is -1.68. The molecule has 1 N–H and O–H groups in total. The van der Waals surface area contributed by atoms with Crippen LogP contribution in [0.4, 0.5) is 0 Å². The fourth-order valence-electron chi connectivity index (χ4n) is 1.63. The van der Waals surface area contributed by atoms with Crippen LogP contribution in [0.2, 0.25) is 0 Å². The largest absolute Gasteiger partial charge is 0.475 e. The third-order valence-corrected chi connectivity index (χ3v) is 2.48. The Morgan fingerprint density at radius 3 is 3.00 bits per heavy atom. The zero-order chi connectivity index (χ0) is 11.9. The fourth-order valence-corrected chi connectivity index (χ4v) is 1.63. The van der Waals surface area contributed by atoms with Crippen LogP contribution in [-0.4, -0.2) is 29.9 Å². The molecular formula is C13H17N3O. The molecule has 0 unspecified atom stereocenters. The smallest absolute Gasteiger partial charge is 0.241 e. The van der Waals surface area contributed by atoms with E-state index in [4.69, 9.17) is 4.74 Å². The van der Waals surface area contributed by atoms with Crippen LogP contribution in [0.3, 0.4) is 0 Å². The zero-order valence-electron chi connectivity index (χ0n) is 10.0. The van der Waals surface area contributed by atoms with Gasteiger partial charge in [0.25, 0.3) is 0 Å². The minimum absolute atomic E-state index is 0.612. The second kappa shape index (κ2) is 6.15. The lowest BCUT2D eigenvalue weighted by molar-refractivity contribution is 0.303. The first-order valence-corrected chi connectivity index (χ1v) is 5.95. The third-order valence-electron chi connectivity index (χ3n) is 2.48. The first-order chi connectivity index (χ1) is 8.42. The molecule has 17 heavy (non-hydrogen) atoms. The Bertz CT molecular complexity index is 468. The predicted octanol–water partition coefficient (Wildman–Crippen LogP) is 2.01. The van der Waals surface area contributed by atoms with Gasteiger partial charge in [0.2, 0.25) is 5.88 Å². The summed E-state index contributed by atoms with van der Waals surface area (Å²) in [7, 11) is 0. The third kappa shape index (κ3) is 3.14. The highest BCUT2D eigenvalue weighted by atomic mass is 16.5. The maximum Gasteiger partial charge on any atom is 0.241 e. The number of rotatable bonds is 6. The monoisotopic (exact) mass is 231 g/mol. The lowest BCUT2D eigenvalue weighted by Gasteiger charge is -2.07. The lowest BCUT2D eigenvalue weighted by Crippen LogP contribution is -2.21. The van der Waals surface area contributed by atoms with Crippen molar-refractivity contribution in [3.8, 4) is 5.88 Å². The second-order valence-corrected chi connectivity index (χ2v) is 3.84. The topological polar surface area (TPSA) is 47.0 Å². The van der Waals surface area contributed by atoms with Crippen molar-refractivity contribution in [1.29, 1.82) is 0 Å². The molecule has 0 saturated heterocycles. The van der Waals surface area contributed by atoms with Gasteiger partial charge in [0.15, 0.2) is 0 Å². The SMILES string of the molecule is CCCNCCOc1nncc2ccccc12. The highest BCUT2D eigenvalue weighted by molar-refractivity contribution is 5.85. The van der Waals surface area contributed by atoms with Crippen molar-refractivity contribution < 1.29 is 4.74 Å². The maximum absolute atomic E-state index is 5.63. The number of benzene rings is 1. The van der Waals surface area contributed by atoms with Crippen LogP contribution < -0.4 is 10.1 Å². The van der Waals surface area contributed by atoms with E-state index in [0.717, 1.165) is 30.3 Å². The lowest BCUT2D eigenvalue weighted by atomic mass is 10.2. The molecule has 4 heteroatoms. The Labute approximate surface area is 101 Å². The Morgan fingerprint density at radius 1 is 1.24 bits per heavy atom. The Morgan fingerprint density at radius 2 is 2.12 bits per heavy atom. The summed E-state index contributed by atoms with van der Waals surface area (Å²) in [6, 6.07) is 7.97. The number of hydrogen-bond donors (Lipinski definition) is 1. The number of hydrogen-bond acceptors (Lipinski definition) is 4. The highest BCUT2D eigenvalue weighted by Gasteiger charge is 2.02. The minimum atomic E-state index is 0.612. The highest BCUT2D eigenvalue weighted by Crippen LogP contribution is 2.20. The first-order valence-electron chi connectivity index (χ1n) is 5.95. The van der Waals surface area contributed by atoms with E-state index in [1.54, 1.807) is 6.20 Å². The zero-order valence-corrected chi connectivity index (χ0v) is 10.0. The van der Waals surface area contributed by atoms with E-state index in [0.29, 0.717) is 12.5 Å². The molecule has 0 spiro atoms. The molecule has 0 aliphatic heterocycles. The van der Waals surface area contributed by atoms with E-state index in [-0.39, 0.29) is 0 Å². The van der Waals surface area contributed by atoms with Crippen molar-refractivity contribution in [1.82, 2.24) is 15.5 Å².